The molecule has 0 aliphatic carbocycles. The SMILES string of the molecule is COc1cccc(Cc2ccc(C)s2)c1. The van der Waals surface area contributed by atoms with Gasteiger partial charge in [-0.15, -0.1) is 11.3 Å². The first-order chi connectivity index (χ1) is 7.28. The van der Waals surface area contributed by atoms with Gasteiger partial charge >= 0.3 is 0 Å². The van der Waals surface area contributed by atoms with Crippen LogP contribution in [0.3, 0.4) is 0 Å². The van der Waals surface area contributed by atoms with Crippen LogP contribution in [-0.2, 0) is 6.42 Å². The highest BCUT2D eigenvalue weighted by Gasteiger charge is 2.00. The van der Waals surface area contributed by atoms with Crippen LogP contribution in [-0.4, -0.2) is 7.11 Å². The lowest BCUT2D eigenvalue weighted by Crippen LogP contribution is -1.87. The molecule has 1 aromatic carbocycles. The van der Waals surface area contributed by atoms with Gasteiger partial charge < -0.3 is 4.74 Å². The summed E-state index contributed by atoms with van der Waals surface area (Å²) in [6.45, 7) is 2.14. The smallest absolute Gasteiger partial charge is 0.119 e. The molecule has 0 saturated heterocycles. The van der Waals surface area contributed by atoms with Crippen LogP contribution in [0.5, 0.6) is 5.75 Å². The summed E-state index contributed by atoms with van der Waals surface area (Å²) in [6.07, 6.45) is 0.996. The third kappa shape index (κ3) is 2.60. The highest BCUT2D eigenvalue weighted by atomic mass is 32.1. The molecule has 0 bridgehead atoms. The molecule has 1 heterocycles. The molecule has 2 heteroatoms. The Morgan fingerprint density at radius 3 is 2.73 bits per heavy atom. The normalized spacial score (nSPS) is 10.3. The standard InChI is InChI=1S/C13H14OS/c1-10-6-7-13(15-10)9-11-4-3-5-12(8-11)14-2/h3-8H,9H2,1-2H3. The number of hydrogen-bond donors (Lipinski definition) is 0. The Morgan fingerprint density at radius 1 is 1.20 bits per heavy atom. The molecule has 0 spiro atoms. The van der Waals surface area contributed by atoms with Gasteiger partial charge in [0, 0.05) is 16.2 Å². The fourth-order valence-electron chi connectivity index (χ4n) is 1.56. The van der Waals surface area contributed by atoms with Crippen molar-refractivity contribution in [1.29, 1.82) is 0 Å². The van der Waals surface area contributed by atoms with Gasteiger partial charge in [0.2, 0.25) is 0 Å². The molecule has 0 amide bonds. The van der Waals surface area contributed by atoms with Gasteiger partial charge in [-0.1, -0.05) is 12.1 Å². The van der Waals surface area contributed by atoms with Gasteiger partial charge in [-0.05, 0) is 36.8 Å². The molecule has 0 aliphatic heterocycles. The van der Waals surface area contributed by atoms with Crippen molar-refractivity contribution in [2.75, 3.05) is 7.11 Å². The highest BCUT2D eigenvalue weighted by Crippen LogP contribution is 2.21. The van der Waals surface area contributed by atoms with Crippen molar-refractivity contribution < 1.29 is 4.74 Å². The Balaban J connectivity index is 2.16. The van der Waals surface area contributed by atoms with Gasteiger partial charge in [-0.3, -0.25) is 0 Å². The highest BCUT2D eigenvalue weighted by molar-refractivity contribution is 7.11. The Morgan fingerprint density at radius 2 is 2.07 bits per heavy atom. The molecule has 0 aliphatic rings. The summed E-state index contributed by atoms with van der Waals surface area (Å²) in [5.41, 5.74) is 1.30. The van der Waals surface area contributed by atoms with E-state index in [0.29, 0.717) is 0 Å². The Labute approximate surface area is 94.3 Å². The second kappa shape index (κ2) is 4.49. The molecule has 0 N–H and O–H groups in total. The third-order valence-corrected chi connectivity index (χ3v) is 3.31. The molecule has 0 saturated carbocycles. The van der Waals surface area contributed by atoms with Crippen molar-refractivity contribution >= 4 is 11.3 Å². The van der Waals surface area contributed by atoms with Gasteiger partial charge in [0.25, 0.3) is 0 Å². The summed E-state index contributed by atoms with van der Waals surface area (Å²) >= 11 is 1.86. The summed E-state index contributed by atoms with van der Waals surface area (Å²) in [5, 5.41) is 0. The van der Waals surface area contributed by atoms with Crippen LogP contribution in [0.25, 0.3) is 0 Å². The first kappa shape index (κ1) is 10.2. The lowest BCUT2D eigenvalue weighted by atomic mass is 10.1. The van der Waals surface area contributed by atoms with E-state index in [-0.39, 0.29) is 0 Å². The maximum absolute atomic E-state index is 5.20. The van der Waals surface area contributed by atoms with E-state index < -0.39 is 0 Å². The largest absolute Gasteiger partial charge is 0.497 e. The summed E-state index contributed by atoms with van der Waals surface area (Å²) < 4.78 is 5.20. The zero-order chi connectivity index (χ0) is 10.7. The molecule has 1 nitrogen and oxygen atoms in total. The van der Waals surface area contributed by atoms with Gasteiger partial charge in [0.05, 0.1) is 7.11 Å². The predicted molar refractivity (Wildman–Crippen MR) is 64.9 cm³/mol. The van der Waals surface area contributed by atoms with Crippen LogP contribution in [0.15, 0.2) is 36.4 Å². The minimum absolute atomic E-state index is 0.931. The zero-order valence-corrected chi connectivity index (χ0v) is 9.80. The molecule has 0 fully saturated rings. The van der Waals surface area contributed by atoms with Gasteiger partial charge in [-0.2, -0.15) is 0 Å². The van der Waals surface area contributed by atoms with Gasteiger partial charge in [-0.25, -0.2) is 0 Å². The summed E-state index contributed by atoms with van der Waals surface area (Å²) in [7, 11) is 1.70. The van der Waals surface area contributed by atoms with E-state index in [1.54, 1.807) is 7.11 Å². The van der Waals surface area contributed by atoms with Gasteiger partial charge in [0.15, 0.2) is 0 Å². The van der Waals surface area contributed by atoms with E-state index in [1.165, 1.54) is 15.3 Å². The fourth-order valence-corrected chi connectivity index (χ4v) is 2.49. The number of ether oxygens (including phenoxy) is 1. The van der Waals surface area contributed by atoms with E-state index in [1.807, 2.05) is 23.5 Å². The topological polar surface area (TPSA) is 9.23 Å². The molecule has 78 valence electrons. The summed E-state index contributed by atoms with van der Waals surface area (Å²) in [5.74, 6) is 0.931. The van der Waals surface area contributed by atoms with Crippen molar-refractivity contribution in [3.63, 3.8) is 0 Å². The minimum Gasteiger partial charge on any atom is -0.497 e. The van der Waals surface area contributed by atoms with Crippen LogP contribution >= 0.6 is 11.3 Å². The van der Waals surface area contributed by atoms with Crippen LogP contribution in [0.1, 0.15) is 15.3 Å². The molecular weight excluding hydrogens is 204 g/mol. The number of methoxy groups -OCH3 is 1. The lowest BCUT2D eigenvalue weighted by molar-refractivity contribution is 0.414. The molecule has 15 heavy (non-hydrogen) atoms. The number of thiophene rings is 1. The molecular formula is C13H14OS. The van der Waals surface area contributed by atoms with E-state index in [4.69, 9.17) is 4.74 Å². The molecule has 2 aromatic rings. The van der Waals surface area contributed by atoms with Crippen molar-refractivity contribution in [2.24, 2.45) is 0 Å². The molecule has 0 atom stereocenters. The molecule has 0 unspecified atom stereocenters. The van der Waals surface area contributed by atoms with Crippen molar-refractivity contribution in [1.82, 2.24) is 0 Å². The Hall–Kier alpha value is -1.28. The van der Waals surface area contributed by atoms with Crippen LogP contribution in [0.4, 0.5) is 0 Å². The van der Waals surface area contributed by atoms with Crippen molar-refractivity contribution in [3.05, 3.63) is 51.7 Å². The minimum atomic E-state index is 0.931. The third-order valence-electron chi connectivity index (χ3n) is 2.31. The van der Waals surface area contributed by atoms with Gasteiger partial charge in [0.1, 0.15) is 5.75 Å². The van der Waals surface area contributed by atoms with E-state index in [9.17, 15) is 0 Å². The zero-order valence-electron chi connectivity index (χ0n) is 8.99. The number of rotatable bonds is 3. The maximum atomic E-state index is 5.20. The number of benzene rings is 1. The van der Waals surface area contributed by atoms with Crippen LogP contribution < -0.4 is 4.74 Å². The fraction of sp³-hybridized carbons (Fsp3) is 0.231. The van der Waals surface area contributed by atoms with E-state index in [2.05, 4.69) is 31.2 Å². The summed E-state index contributed by atoms with van der Waals surface area (Å²) in [6, 6.07) is 12.6. The molecule has 1 aromatic heterocycles. The predicted octanol–water partition coefficient (Wildman–Crippen LogP) is 3.66. The first-order valence-electron chi connectivity index (χ1n) is 4.96. The quantitative estimate of drug-likeness (QED) is 0.764. The second-order valence-corrected chi connectivity index (χ2v) is 4.91. The van der Waals surface area contributed by atoms with E-state index >= 15 is 0 Å². The molecule has 2 rings (SSSR count). The van der Waals surface area contributed by atoms with Crippen LogP contribution in [0, 0.1) is 6.92 Å². The average molecular weight is 218 g/mol. The van der Waals surface area contributed by atoms with Crippen LogP contribution in [0.2, 0.25) is 0 Å². The number of aryl methyl sites for hydroxylation is 1. The second-order valence-electron chi connectivity index (χ2n) is 3.54. The maximum Gasteiger partial charge on any atom is 0.119 e. The number of hydrogen-bond acceptors (Lipinski definition) is 2. The Kier molecular flexibility index (Phi) is 3.07. The Bertz CT molecular complexity index is 445. The average Bonchev–Trinajstić information content (AvgIpc) is 2.64. The van der Waals surface area contributed by atoms with Crippen molar-refractivity contribution in [2.45, 2.75) is 13.3 Å². The monoisotopic (exact) mass is 218 g/mol. The molecule has 0 radical (unpaired) electrons. The summed E-state index contributed by atoms with van der Waals surface area (Å²) in [4.78, 5) is 2.77. The lowest BCUT2D eigenvalue weighted by Gasteiger charge is -2.02. The van der Waals surface area contributed by atoms with Crippen molar-refractivity contribution in [3.8, 4) is 5.75 Å². The van der Waals surface area contributed by atoms with E-state index in [0.717, 1.165) is 12.2 Å². The first-order valence-corrected chi connectivity index (χ1v) is 5.78.